The molecule has 0 bridgehead atoms. The topological polar surface area (TPSA) is 42.9 Å². The zero-order valence-corrected chi connectivity index (χ0v) is 10.5. The van der Waals surface area contributed by atoms with Crippen molar-refractivity contribution in [2.75, 3.05) is 0 Å². The summed E-state index contributed by atoms with van der Waals surface area (Å²) in [4.78, 5) is 8.44. The van der Waals surface area contributed by atoms with E-state index in [1.807, 2.05) is 6.92 Å². The molecule has 1 heterocycles. The van der Waals surface area contributed by atoms with Gasteiger partial charge in [0, 0.05) is 28.4 Å². The zero-order valence-electron chi connectivity index (χ0n) is 9.69. The highest BCUT2D eigenvalue weighted by Gasteiger charge is 2.20. The van der Waals surface area contributed by atoms with Crippen LogP contribution in [0.25, 0.3) is 0 Å². The molecule has 1 saturated carbocycles. The summed E-state index contributed by atoms with van der Waals surface area (Å²) in [5.74, 6) is 0.567. The first-order valence-electron chi connectivity index (χ1n) is 5.90. The molecule has 2 rings (SSSR count). The van der Waals surface area contributed by atoms with Crippen molar-refractivity contribution < 1.29 is 4.21 Å². The van der Waals surface area contributed by atoms with E-state index in [-0.39, 0.29) is 0 Å². The van der Waals surface area contributed by atoms with E-state index in [1.165, 1.54) is 19.3 Å². The van der Waals surface area contributed by atoms with Gasteiger partial charge in [-0.2, -0.15) is 0 Å². The van der Waals surface area contributed by atoms with E-state index in [4.69, 9.17) is 0 Å². The third-order valence-corrected chi connectivity index (χ3v) is 4.84. The van der Waals surface area contributed by atoms with Crippen molar-refractivity contribution in [2.45, 2.75) is 50.0 Å². The monoisotopic (exact) mass is 238 g/mol. The van der Waals surface area contributed by atoms with Crippen LogP contribution in [0.3, 0.4) is 0 Å². The van der Waals surface area contributed by atoms with Gasteiger partial charge in [0.1, 0.15) is 0 Å². The summed E-state index contributed by atoms with van der Waals surface area (Å²) in [6, 6.07) is 0. The first-order valence-corrected chi connectivity index (χ1v) is 7.28. The molecule has 0 aliphatic heterocycles. The van der Waals surface area contributed by atoms with Crippen molar-refractivity contribution in [1.29, 1.82) is 0 Å². The molecular formula is C12H18N2OS. The molecule has 0 N–H and O–H groups in total. The maximum Gasteiger partial charge on any atom is 0.0711 e. The van der Waals surface area contributed by atoms with Crippen LogP contribution in [0.2, 0.25) is 0 Å². The van der Waals surface area contributed by atoms with Gasteiger partial charge in [-0.3, -0.25) is 14.2 Å². The smallest absolute Gasteiger partial charge is 0.0711 e. The Morgan fingerprint density at radius 3 is 2.62 bits per heavy atom. The Bertz CT molecular complexity index is 358. The van der Waals surface area contributed by atoms with Crippen LogP contribution in [0.4, 0.5) is 0 Å². The molecule has 1 aliphatic rings. The molecule has 1 aliphatic carbocycles. The van der Waals surface area contributed by atoms with Gasteiger partial charge in [0.2, 0.25) is 0 Å². The van der Waals surface area contributed by atoms with E-state index in [0.717, 1.165) is 24.2 Å². The van der Waals surface area contributed by atoms with E-state index in [2.05, 4.69) is 9.97 Å². The molecule has 0 radical (unpaired) electrons. The molecular weight excluding hydrogens is 220 g/mol. The summed E-state index contributed by atoms with van der Waals surface area (Å²) in [5, 5.41) is 0.386. The van der Waals surface area contributed by atoms with Gasteiger partial charge in [-0.25, -0.2) is 0 Å². The molecule has 1 fully saturated rings. The van der Waals surface area contributed by atoms with Crippen molar-refractivity contribution in [1.82, 2.24) is 9.97 Å². The number of hydrogen-bond acceptors (Lipinski definition) is 3. The van der Waals surface area contributed by atoms with E-state index in [0.29, 0.717) is 11.0 Å². The van der Waals surface area contributed by atoms with Gasteiger partial charge in [-0.05, 0) is 19.8 Å². The number of nitrogens with zero attached hydrogens (tertiary/aromatic N) is 2. The normalized spacial score (nSPS) is 19.6. The molecule has 0 spiro atoms. The Morgan fingerprint density at radius 1 is 1.25 bits per heavy atom. The van der Waals surface area contributed by atoms with Crippen molar-refractivity contribution in [3.63, 3.8) is 0 Å². The zero-order chi connectivity index (χ0) is 11.4. The molecule has 0 amide bonds. The first-order chi connectivity index (χ1) is 7.75. The predicted molar refractivity (Wildman–Crippen MR) is 65.5 cm³/mol. The van der Waals surface area contributed by atoms with Gasteiger partial charge in [-0.15, -0.1) is 0 Å². The fourth-order valence-electron chi connectivity index (χ4n) is 2.09. The van der Waals surface area contributed by atoms with E-state index in [9.17, 15) is 4.21 Å². The highest BCUT2D eigenvalue weighted by molar-refractivity contribution is 7.84. The van der Waals surface area contributed by atoms with E-state index < -0.39 is 10.8 Å². The van der Waals surface area contributed by atoms with Gasteiger partial charge < -0.3 is 0 Å². The summed E-state index contributed by atoms with van der Waals surface area (Å²) in [5.41, 5.74) is 1.77. The van der Waals surface area contributed by atoms with Crippen LogP contribution in [0.15, 0.2) is 12.4 Å². The maximum absolute atomic E-state index is 12.1. The molecule has 88 valence electrons. The largest absolute Gasteiger partial charge is 0.259 e. The van der Waals surface area contributed by atoms with Crippen molar-refractivity contribution in [2.24, 2.45) is 0 Å². The first kappa shape index (κ1) is 11.7. The molecule has 3 nitrogen and oxygen atoms in total. The lowest BCUT2D eigenvalue weighted by Crippen LogP contribution is -2.20. The van der Waals surface area contributed by atoms with Crippen LogP contribution in [0.5, 0.6) is 0 Å². The van der Waals surface area contributed by atoms with Crippen molar-refractivity contribution in [3.8, 4) is 0 Å². The highest BCUT2D eigenvalue weighted by Crippen LogP contribution is 2.23. The summed E-state index contributed by atoms with van der Waals surface area (Å²) >= 11 is 0. The summed E-state index contributed by atoms with van der Waals surface area (Å²) in [6.07, 6.45) is 9.49. The minimum Gasteiger partial charge on any atom is -0.259 e. The maximum atomic E-state index is 12.1. The Balaban J connectivity index is 1.93. The van der Waals surface area contributed by atoms with Crippen LogP contribution >= 0.6 is 0 Å². The number of aryl methyl sites for hydroxylation is 1. The van der Waals surface area contributed by atoms with E-state index >= 15 is 0 Å². The SMILES string of the molecule is Cc1cnc(C[S@](=O)C2CCCCC2)cn1. The lowest BCUT2D eigenvalue weighted by molar-refractivity contribution is 0.504. The lowest BCUT2D eigenvalue weighted by atomic mass is 10.0. The van der Waals surface area contributed by atoms with Crippen LogP contribution < -0.4 is 0 Å². The quantitative estimate of drug-likeness (QED) is 0.812. The van der Waals surface area contributed by atoms with Gasteiger partial charge in [0.25, 0.3) is 0 Å². The van der Waals surface area contributed by atoms with Gasteiger partial charge in [0.15, 0.2) is 0 Å². The van der Waals surface area contributed by atoms with E-state index in [1.54, 1.807) is 12.4 Å². The average Bonchev–Trinajstić information content (AvgIpc) is 2.33. The Labute approximate surface area is 99.2 Å². The van der Waals surface area contributed by atoms with Crippen molar-refractivity contribution in [3.05, 3.63) is 23.8 Å². The van der Waals surface area contributed by atoms with Crippen LogP contribution in [0, 0.1) is 6.92 Å². The third-order valence-electron chi connectivity index (χ3n) is 3.05. The minimum absolute atomic E-state index is 0.386. The molecule has 4 heteroatoms. The Hall–Kier alpha value is -0.770. The molecule has 0 aromatic carbocycles. The molecule has 1 atom stereocenters. The van der Waals surface area contributed by atoms with Gasteiger partial charge in [-0.1, -0.05) is 19.3 Å². The number of rotatable bonds is 3. The summed E-state index contributed by atoms with van der Waals surface area (Å²) in [7, 11) is -0.767. The fraction of sp³-hybridized carbons (Fsp3) is 0.667. The second-order valence-electron chi connectivity index (χ2n) is 4.43. The molecule has 0 saturated heterocycles. The van der Waals surface area contributed by atoms with Crippen molar-refractivity contribution >= 4 is 10.8 Å². The third kappa shape index (κ3) is 3.11. The molecule has 1 aromatic rings. The fourth-order valence-corrected chi connectivity index (χ4v) is 3.62. The number of hydrogen-bond donors (Lipinski definition) is 0. The summed E-state index contributed by atoms with van der Waals surface area (Å²) < 4.78 is 12.1. The van der Waals surface area contributed by atoms with Crippen LogP contribution in [-0.4, -0.2) is 19.4 Å². The highest BCUT2D eigenvalue weighted by atomic mass is 32.2. The average molecular weight is 238 g/mol. The molecule has 0 unspecified atom stereocenters. The molecule has 16 heavy (non-hydrogen) atoms. The standard InChI is InChI=1S/C12H18N2OS/c1-10-7-14-11(8-13-10)9-16(15)12-5-3-2-4-6-12/h7-8,12H,2-6,9H2,1H3/t16-/m0/s1. The second kappa shape index (κ2) is 5.53. The van der Waals surface area contributed by atoms with Crippen LogP contribution in [-0.2, 0) is 16.6 Å². The van der Waals surface area contributed by atoms with Gasteiger partial charge >= 0.3 is 0 Å². The second-order valence-corrected chi connectivity index (χ2v) is 6.15. The van der Waals surface area contributed by atoms with Crippen LogP contribution in [0.1, 0.15) is 43.5 Å². The molecule has 1 aromatic heterocycles. The Morgan fingerprint density at radius 2 is 2.00 bits per heavy atom. The van der Waals surface area contributed by atoms with Gasteiger partial charge in [0.05, 0.1) is 17.1 Å². The Kier molecular flexibility index (Phi) is 4.04. The predicted octanol–water partition coefficient (Wildman–Crippen LogP) is 2.37. The number of aromatic nitrogens is 2. The minimum atomic E-state index is -0.767. The summed E-state index contributed by atoms with van der Waals surface area (Å²) in [6.45, 7) is 1.91. The lowest BCUT2D eigenvalue weighted by Gasteiger charge is -2.20.